The normalized spacial score (nSPS) is 18.9. The monoisotopic (exact) mass is 312 g/mol. The van der Waals surface area contributed by atoms with Crippen molar-refractivity contribution in [2.24, 2.45) is 5.92 Å². The van der Waals surface area contributed by atoms with Crippen molar-refractivity contribution in [2.45, 2.75) is 38.0 Å². The van der Waals surface area contributed by atoms with E-state index in [1.807, 2.05) is 0 Å². The first-order valence-electron chi connectivity index (χ1n) is 8.64. The highest BCUT2D eigenvalue weighted by Gasteiger charge is 2.47. The van der Waals surface area contributed by atoms with Crippen molar-refractivity contribution >= 4 is 10.8 Å². The highest BCUT2D eigenvalue weighted by atomic mass is 16.5. The number of benzene rings is 2. The Kier molecular flexibility index (Phi) is 4.74. The molecule has 0 amide bonds. The van der Waals surface area contributed by atoms with Crippen LogP contribution in [0.25, 0.3) is 10.8 Å². The highest BCUT2D eigenvalue weighted by Crippen LogP contribution is 2.53. The van der Waals surface area contributed by atoms with E-state index in [9.17, 15) is 0 Å². The summed E-state index contributed by atoms with van der Waals surface area (Å²) in [7, 11) is 3.61. The zero-order chi connectivity index (χ0) is 16.4. The lowest BCUT2D eigenvalue weighted by molar-refractivity contribution is 0.0444. The third-order valence-electron chi connectivity index (χ3n) is 5.35. The number of methoxy groups -OCH3 is 2. The molecule has 23 heavy (non-hydrogen) atoms. The maximum Gasteiger partial charge on any atom is 0.0587 e. The van der Waals surface area contributed by atoms with Crippen LogP contribution in [0.2, 0.25) is 0 Å². The molecule has 2 aromatic rings. The van der Waals surface area contributed by atoms with Gasteiger partial charge in [-0.2, -0.15) is 0 Å². The second kappa shape index (κ2) is 6.62. The number of rotatable bonds is 7. The first kappa shape index (κ1) is 16.5. The minimum atomic E-state index is -0.0679. The van der Waals surface area contributed by atoms with Crippen molar-refractivity contribution in [1.29, 1.82) is 0 Å². The highest BCUT2D eigenvalue weighted by molar-refractivity contribution is 5.93. The summed E-state index contributed by atoms with van der Waals surface area (Å²) in [6.07, 6.45) is 2.41. The molecule has 1 aliphatic rings. The van der Waals surface area contributed by atoms with E-state index in [1.54, 1.807) is 14.2 Å². The van der Waals surface area contributed by atoms with Crippen molar-refractivity contribution in [3.05, 3.63) is 47.5 Å². The average Bonchev–Trinajstić information content (AvgIpc) is 2.79. The third-order valence-corrected chi connectivity index (χ3v) is 5.35. The van der Waals surface area contributed by atoms with Crippen molar-refractivity contribution in [1.82, 2.24) is 0 Å². The fraction of sp³-hybridized carbons (Fsp3) is 0.524. The van der Waals surface area contributed by atoms with Gasteiger partial charge >= 0.3 is 0 Å². The molecule has 0 radical (unpaired) electrons. The maximum atomic E-state index is 5.70. The predicted molar refractivity (Wildman–Crippen MR) is 96.2 cm³/mol. The number of hydrogen-bond donors (Lipinski definition) is 0. The van der Waals surface area contributed by atoms with Crippen molar-refractivity contribution < 1.29 is 9.47 Å². The Labute approximate surface area is 139 Å². The second-order valence-electron chi connectivity index (χ2n) is 7.30. The van der Waals surface area contributed by atoms with Crippen LogP contribution in [0.15, 0.2) is 36.4 Å². The summed E-state index contributed by atoms with van der Waals surface area (Å²) < 4.78 is 11.4. The Bertz CT molecular complexity index is 663. The van der Waals surface area contributed by atoms with E-state index in [0.717, 1.165) is 0 Å². The molecule has 2 heteroatoms. The Morgan fingerprint density at radius 3 is 2.26 bits per heavy atom. The summed E-state index contributed by atoms with van der Waals surface area (Å²) in [5, 5.41) is 2.77. The van der Waals surface area contributed by atoms with Crippen LogP contribution in [-0.2, 0) is 14.9 Å². The summed E-state index contributed by atoms with van der Waals surface area (Å²) in [6.45, 7) is 6.02. The molecule has 0 aromatic heterocycles. The molecule has 124 valence electrons. The van der Waals surface area contributed by atoms with Crippen LogP contribution in [-0.4, -0.2) is 27.4 Å². The molecular formula is C21H28O2. The van der Waals surface area contributed by atoms with Crippen LogP contribution in [0.5, 0.6) is 0 Å². The van der Waals surface area contributed by atoms with Gasteiger partial charge in [0.25, 0.3) is 0 Å². The smallest absolute Gasteiger partial charge is 0.0587 e. The molecule has 0 bridgehead atoms. The summed E-state index contributed by atoms with van der Waals surface area (Å²) in [5.41, 5.74) is 2.82. The van der Waals surface area contributed by atoms with Crippen LogP contribution in [0, 0.1) is 5.92 Å². The summed E-state index contributed by atoms with van der Waals surface area (Å²) in [6, 6.07) is 13.4. The molecule has 0 saturated heterocycles. The van der Waals surface area contributed by atoms with E-state index >= 15 is 0 Å². The number of hydrogen-bond acceptors (Lipinski definition) is 2. The quantitative estimate of drug-likeness (QED) is 0.723. The van der Waals surface area contributed by atoms with Gasteiger partial charge in [-0.05, 0) is 40.2 Å². The summed E-state index contributed by atoms with van der Waals surface area (Å²) in [5.74, 6) is 1.17. The Hall–Kier alpha value is -1.38. The van der Waals surface area contributed by atoms with Crippen LogP contribution in [0.3, 0.4) is 0 Å². The number of ether oxygens (including phenoxy) is 2. The first-order chi connectivity index (χ1) is 11.1. The Morgan fingerprint density at radius 2 is 1.65 bits per heavy atom. The predicted octanol–water partition coefficient (Wildman–Crippen LogP) is 4.90. The van der Waals surface area contributed by atoms with Crippen molar-refractivity contribution in [3.63, 3.8) is 0 Å². The molecule has 0 aliphatic heterocycles. The molecule has 0 spiro atoms. The van der Waals surface area contributed by atoms with Crippen molar-refractivity contribution in [3.8, 4) is 0 Å². The minimum Gasteiger partial charge on any atom is -0.384 e. The average molecular weight is 312 g/mol. The van der Waals surface area contributed by atoms with Gasteiger partial charge < -0.3 is 9.47 Å². The van der Waals surface area contributed by atoms with Crippen LogP contribution in [0.1, 0.15) is 43.7 Å². The zero-order valence-corrected chi connectivity index (χ0v) is 14.8. The van der Waals surface area contributed by atoms with Crippen LogP contribution in [0.4, 0.5) is 0 Å². The van der Waals surface area contributed by atoms with Gasteiger partial charge in [0, 0.05) is 19.6 Å². The maximum absolute atomic E-state index is 5.70. The molecule has 1 aliphatic carbocycles. The lowest BCUT2D eigenvalue weighted by Crippen LogP contribution is -2.39. The van der Waals surface area contributed by atoms with Gasteiger partial charge in [0.2, 0.25) is 0 Å². The van der Waals surface area contributed by atoms with Gasteiger partial charge in [-0.3, -0.25) is 0 Å². The lowest BCUT2D eigenvalue weighted by atomic mass is 9.72. The Balaban J connectivity index is 2.17. The van der Waals surface area contributed by atoms with Crippen LogP contribution >= 0.6 is 0 Å². The minimum absolute atomic E-state index is 0.0679. The van der Waals surface area contributed by atoms with Crippen LogP contribution < -0.4 is 0 Å². The molecule has 0 saturated carbocycles. The van der Waals surface area contributed by atoms with Gasteiger partial charge in [-0.15, -0.1) is 0 Å². The summed E-state index contributed by atoms with van der Waals surface area (Å²) >= 11 is 0. The van der Waals surface area contributed by atoms with E-state index in [0.29, 0.717) is 25.0 Å². The van der Waals surface area contributed by atoms with E-state index in [1.165, 1.54) is 34.7 Å². The first-order valence-corrected chi connectivity index (χ1v) is 8.64. The fourth-order valence-corrected chi connectivity index (χ4v) is 4.41. The molecule has 3 rings (SSSR count). The van der Waals surface area contributed by atoms with E-state index in [4.69, 9.17) is 9.47 Å². The zero-order valence-electron chi connectivity index (χ0n) is 14.8. The van der Waals surface area contributed by atoms with Gasteiger partial charge in [-0.1, -0.05) is 56.7 Å². The molecule has 1 unspecified atom stereocenters. The fourth-order valence-electron chi connectivity index (χ4n) is 4.41. The molecule has 0 fully saturated rings. The molecule has 0 heterocycles. The van der Waals surface area contributed by atoms with Gasteiger partial charge in [-0.25, -0.2) is 0 Å². The van der Waals surface area contributed by atoms with E-state index < -0.39 is 0 Å². The van der Waals surface area contributed by atoms with Crippen molar-refractivity contribution in [2.75, 3.05) is 27.4 Å². The largest absolute Gasteiger partial charge is 0.384 e. The standard InChI is InChI=1S/C21H28O2/c1-15(2)11-12-18-17-9-5-7-16-8-6-10-19(20(16)17)21(18,13-22-3)14-23-4/h5-10,15,18H,11-14H2,1-4H3. The molecular weight excluding hydrogens is 284 g/mol. The topological polar surface area (TPSA) is 18.5 Å². The lowest BCUT2D eigenvalue weighted by Gasteiger charge is -2.36. The van der Waals surface area contributed by atoms with Gasteiger partial charge in [0.15, 0.2) is 0 Å². The molecule has 1 atom stereocenters. The molecule has 2 nitrogen and oxygen atoms in total. The second-order valence-corrected chi connectivity index (χ2v) is 7.30. The molecule has 0 N–H and O–H groups in total. The summed E-state index contributed by atoms with van der Waals surface area (Å²) in [4.78, 5) is 0. The Morgan fingerprint density at radius 1 is 1.00 bits per heavy atom. The van der Waals surface area contributed by atoms with E-state index in [-0.39, 0.29) is 5.41 Å². The van der Waals surface area contributed by atoms with E-state index in [2.05, 4.69) is 50.2 Å². The van der Waals surface area contributed by atoms with Gasteiger partial charge in [0.05, 0.1) is 13.2 Å². The molecule has 2 aromatic carbocycles. The SMILES string of the molecule is COCC1(COC)c2cccc3cccc(c23)C1CCC(C)C. The third kappa shape index (κ3) is 2.68. The van der Waals surface area contributed by atoms with Gasteiger partial charge in [0.1, 0.15) is 0 Å².